The van der Waals surface area contributed by atoms with Gasteiger partial charge in [-0.05, 0) is 44.2 Å². The molecule has 0 fully saturated rings. The molecule has 2 aromatic carbocycles. The van der Waals surface area contributed by atoms with Crippen molar-refractivity contribution in [2.45, 2.75) is 20.4 Å². The SMILES string of the molecule is CCn1c(C)nc2cc(C(=O)N/N=C\c3ccc(F)cc3F)ccc21. The second-order valence-corrected chi connectivity index (χ2v) is 5.47. The summed E-state index contributed by atoms with van der Waals surface area (Å²) < 4.78 is 28.4. The minimum absolute atomic E-state index is 0.0782. The van der Waals surface area contributed by atoms with Gasteiger partial charge >= 0.3 is 0 Å². The third-order valence-electron chi connectivity index (χ3n) is 3.85. The van der Waals surface area contributed by atoms with Crippen molar-refractivity contribution in [3.63, 3.8) is 0 Å². The summed E-state index contributed by atoms with van der Waals surface area (Å²) in [5.74, 6) is -0.988. The third kappa shape index (κ3) is 3.40. The zero-order valence-corrected chi connectivity index (χ0v) is 13.8. The Hall–Kier alpha value is -3.09. The highest BCUT2D eigenvalue weighted by molar-refractivity contribution is 5.97. The number of nitrogens with zero attached hydrogens (tertiary/aromatic N) is 3. The van der Waals surface area contributed by atoms with Gasteiger partial charge in [-0.3, -0.25) is 4.79 Å². The summed E-state index contributed by atoms with van der Waals surface area (Å²) in [5, 5.41) is 3.71. The Bertz CT molecular complexity index is 979. The number of aryl methyl sites for hydroxylation is 2. The van der Waals surface area contributed by atoms with Crippen LogP contribution in [0.1, 0.15) is 28.7 Å². The van der Waals surface area contributed by atoms with E-state index in [0.29, 0.717) is 5.56 Å². The number of carbonyl (C=O) groups excluding carboxylic acids is 1. The van der Waals surface area contributed by atoms with Crippen LogP contribution in [0, 0.1) is 18.6 Å². The van der Waals surface area contributed by atoms with E-state index in [9.17, 15) is 13.6 Å². The number of carbonyl (C=O) groups is 1. The number of hydrogen-bond donors (Lipinski definition) is 1. The third-order valence-corrected chi connectivity index (χ3v) is 3.85. The second-order valence-electron chi connectivity index (χ2n) is 5.47. The van der Waals surface area contributed by atoms with Crippen molar-refractivity contribution >= 4 is 23.2 Å². The first kappa shape index (κ1) is 16.8. The molecule has 7 heteroatoms. The fourth-order valence-corrected chi connectivity index (χ4v) is 2.62. The van der Waals surface area contributed by atoms with Gasteiger partial charge in [-0.15, -0.1) is 0 Å². The molecule has 3 rings (SSSR count). The predicted octanol–water partition coefficient (Wildman–Crippen LogP) is 3.41. The standard InChI is InChI=1S/C18H16F2N4O/c1-3-24-11(2)22-16-8-12(5-7-17(16)24)18(25)23-21-10-13-4-6-14(19)9-15(13)20/h4-10H,3H2,1-2H3,(H,23,25)/b21-10-. The van der Waals surface area contributed by atoms with Gasteiger partial charge in [0, 0.05) is 23.7 Å². The quantitative estimate of drug-likeness (QED) is 0.583. The first-order valence-electron chi connectivity index (χ1n) is 7.75. The number of nitrogens with one attached hydrogen (secondary N) is 1. The van der Waals surface area contributed by atoms with Gasteiger partial charge < -0.3 is 4.57 Å². The van der Waals surface area contributed by atoms with E-state index >= 15 is 0 Å². The minimum atomic E-state index is -0.750. The Balaban J connectivity index is 1.77. The lowest BCUT2D eigenvalue weighted by Gasteiger charge is -2.03. The summed E-state index contributed by atoms with van der Waals surface area (Å²) in [6, 6.07) is 8.30. The van der Waals surface area contributed by atoms with E-state index in [1.165, 1.54) is 6.07 Å². The van der Waals surface area contributed by atoms with Gasteiger partial charge in [-0.2, -0.15) is 5.10 Å². The molecule has 1 heterocycles. The lowest BCUT2D eigenvalue weighted by Crippen LogP contribution is -2.17. The largest absolute Gasteiger partial charge is 0.329 e. The lowest BCUT2D eigenvalue weighted by molar-refractivity contribution is 0.0955. The van der Waals surface area contributed by atoms with Crippen LogP contribution in [-0.4, -0.2) is 21.7 Å². The molecule has 0 aliphatic heterocycles. The highest BCUT2D eigenvalue weighted by Gasteiger charge is 2.10. The summed E-state index contributed by atoms with van der Waals surface area (Å²) in [7, 11) is 0. The van der Waals surface area contributed by atoms with Gasteiger partial charge in [0.2, 0.25) is 0 Å². The van der Waals surface area contributed by atoms with E-state index in [-0.39, 0.29) is 5.56 Å². The number of fused-ring (bicyclic) bond motifs is 1. The van der Waals surface area contributed by atoms with Gasteiger partial charge in [0.15, 0.2) is 0 Å². The second kappa shape index (κ2) is 6.80. The van der Waals surface area contributed by atoms with E-state index < -0.39 is 17.5 Å². The minimum Gasteiger partial charge on any atom is -0.329 e. The van der Waals surface area contributed by atoms with Crippen LogP contribution in [0.25, 0.3) is 11.0 Å². The molecule has 0 radical (unpaired) electrons. The molecule has 0 saturated carbocycles. The molecular weight excluding hydrogens is 326 g/mol. The van der Waals surface area contributed by atoms with Crippen molar-refractivity contribution in [1.82, 2.24) is 15.0 Å². The number of imidazole rings is 1. The van der Waals surface area contributed by atoms with E-state index in [2.05, 4.69) is 15.5 Å². The van der Waals surface area contributed by atoms with Crippen LogP contribution in [0.4, 0.5) is 8.78 Å². The summed E-state index contributed by atoms with van der Waals surface area (Å²) in [4.78, 5) is 16.6. The number of aromatic nitrogens is 2. The number of halogens is 2. The van der Waals surface area contributed by atoms with E-state index in [1.807, 2.05) is 24.5 Å². The van der Waals surface area contributed by atoms with E-state index in [0.717, 1.165) is 41.7 Å². The monoisotopic (exact) mass is 342 g/mol. The van der Waals surface area contributed by atoms with Crippen molar-refractivity contribution in [2.75, 3.05) is 0 Å². The normalized spacial score (nSPS) is 11.4. The number of amides is 1. The van der Waals surface area contributed by atoms with Gasteiger partial charge in [0.1, 0.15) is 17.5 Å². The van der Waals surface area contributed by atoms with Crippen LogP contribution in [-0.2, 0) is 6.54 Å². The van der Waals surface area contributed by atoms with Crippen LogP contribution < -0.4 is 5.43 Å². The zero-order valence-electron chi connectivity index (χ0n) is 13.8. The van der Waals surface area contributed by atoms with Crippen LogP contribution in [0.2, 0.25) is 0 Å². The van der Waals surface area contributed by atoms with Gasteiger partial charge in [0.25, 0.3) is 5.91 Å². The average Bonchev–Trinajstić information content (AvgIpc) is 2.90. The van der Waals surface area contributed by atoms with Crippen LogP contribution in [0.15, 0.2) is 41.5 Å². The summed E-state index contributed by atoms with van der Waals surface area (Å²) >= 11 is 0. The van der Waals surface area contributed by atoms with Crippen molar-refractivity contribution in [3.8, 4) is 0 Å². The Morgan fingerprint density at radius 1 is 1.28 bits per heavy atom. The highest BCUT2D eigenvalue weighted by Crippen LogP contribution is 2.17. The fraction of sp³-hybridized carbons (Fsp3) is 0.167. The predicted molar refractivity (Wildman–Crippen MR) is 91.6 cm³/mol. The summed E-state index contributed by atoms with van der Waals surface area (Å²) in [6.45, 7) is 4.73. The number of hydrazone groups is 1. The molecule has 5 nitrogen and oxygen atoms in total. The lowest BCUT2D eigenvalue weighted by atomic mass is 10.2. The van der Waals surface area contributed by atoms with Crippen molar-refractivity contribution in [3.05, 3.63) is 65.0 Å². The average molecular weight is 342 g/mol. The number of rotatable bonds is 4. The molecule has 0 aliphatic carbocycles. The van der Waals surface area contributed by atoms with Crippen molar-refractivity contribution in [2.24, 2.45) is 5.10 Å². The molecule has 0 spiro atoms. The highest BCUT2D eigenvalue weighted by atomic mass is 19.1. The smallest absolute Gasteiger partial charge is 0.271 e. The maximum Gasteiger partial charge on any atom is 0.271 e. The first-order chi connectivity index (χ1) is 12.0. The van der Waals surface area contributed by atoms with Gasteiger partial charge in [-0.25, -0.2) is 19.2 Å². The number of benzene rings is 2. The Morgan fingerprint density at radius 2 is 2.08 bits per heavy atom. The van der Waals surface area contributed by atoms with Crippen molar-refractivity contribution in [1.29, 1.82) is 0 Å². The zero-order chi connectivity index (χ0) is 18.0. The maximum atomic E-state index is 13.5. The molecule has 25 heavy (non-hydrogen) atoms. The molecule has 0 atom stereocenters. The maximum absolute atomic E-state index is 13.5. The topological polar surface area (TPSA) is 59.3 Å². The molecule has 1 N–H and O–H groups in total. The van der Waals surface area contributed by atoms with E-state index in [1.54, 1.807) is 12.1 Å². The molecule has 128 valence electrons. The molecule has 0 aliphatic rings. The molecule has 1 amide bonds. The van der Waals surface area contributed by atoms with Crippen LogP contribution in [0.3, 0.4) is 0 Å². The van der Waals surface area contributed by atoms with Crippen molar-refractivity contribution < 1.29 is 13.6 Å². The van der Waals surface area contributed by atoms with Gasteiger partial charge in [-0.1, -0.05) is 0 Å². The first-order valence-corrected chi connectivity index (χ1v) is 7.75. The van der Waals surface area contributed by atoms with Gasteiger partial charge in [0.05, 0.1) is 17.2 Å². The molecular formula is C18H16F2N4O. The summed E-state index contributed by atoms with van der Waals surface area (Å²) in [6.07, 6.45) is 1.13. The van der Waals surface area contributed by atoms with Crippen LogP contribution in [0.5, 0.6) is 0 Å². The van der Waals surface area contributed by atoms with Crippen LogP contribution >= 0.6 is 0 Å². The Kier molecular flexibility index (Phi) is 4.56. The summed E-state index contributed by atoms with van der Waals surface area (Å²) in [5.41, 5.74) is 4.47. The Labute approximate surface area is 143 Å². The fourth-order valence-electron chi connectivity index (χ4n) is 2.62. The number of hydrogen-bond acceptors (Lipinski definition) is 3. The molecule has 1 aromatic heterocycles. The molecule has 0 bridgehead atoms. The molecule has 3 aromatic rings. The van der Waals surface area contributed by atoms with E-state index in [4.69, 9.17) is 0 Å². The molecule has 0 unspecified atom stereocenters. The Morgan fingerprint density at radius 3 is 2.80 bits per heavy atom. The molecule has 0 saturated heterocycles.